The van der Waals surface area contributed by atoms with Crippen molar-refractivity contribution in [2.75, 3.05) is 26.2 Å². The molecule has 7 heteroatoms. The summed E-state index contributed by atoms with van der Waals surface area (Å²) in [5, 5.41) is 10.6. The van der Waals surface area contributed by atoms with Crippen molar-refractivity contribution in [1.29, 1.82) is 5.26 Å². The Balaban J connectivity index is 2.05. The summed E-state index contributed by atoms with van der Waals surface area (Å²) < 4.78 is 26.4. The number of nitriles is 1. The van der Waals surface area contributed by atoms with Crippen LogP contribution in [0.25, 0.3) is 0 Å². The lowest BCUT2D eigenvalue weighted by Gasteiger charge is -2.34. The van der Waals surface area contributed by atoms with Gasteiger partial charge in [0, 0.05) is 26.2 Å². The van der Waals surface area contributed by atoms with Gasteiger partial charge in [-0.15, -0.1) is 11.3 Å². The summed E-state index contributed by atoms with van der Waals surface area (Å²) in [6.07, 6.45) is 0. The van der Waals surface area contributed by atoms with E-state index in [1.807, 2.05) is 11.8 Å². The highest BCUT2D eigenvalue weighted by Crippen LogP contribution is 2.22. The van der Waals surface area contributed by atoms with Crippen molar-refractivity contribution in [3.05, 3.63) is 17.5 Å². The van der Waals surface area contributed by atoms with Crippen LogP contribution in [0.1, 0.15) is 6.92 Å². The summed E-state index contributed by atoms with van der Waals surface area (Å²) in [6, 6.07) is 5.39. The first-order chi connectivity index (χ1) is 8.55. The van der Waals surface area contributed by atoms with E-state index in [9.17, 15) is 8.42 Å². The Morgan fingerprint density at radius 3 is 2.56 bits per heavy atom. The summed E-state index contributed by atoms with van der Waals surface area (Å²) in [7, 11) is -3.33. The Kier molecular flexibility index (Phi) is 4.02. The number of sulfonamides is 1. The lowest BCUT2D eigenvalue weighted by Crippen LogP contribution is -2.50. The van der Waals surface area contributed by atoms with Crippen LogP contribution < -0.4 is 0 Å². The van der Waals surface area contributed by atoms with Gasteiger partial charge in [-0.2, -0.15) is 9.57 Å². The van der Waals surface area contributed by atoms with Gasteiger partial charge in [0.2, 0.25) is 0 Å². The average Bonchev–Trinajstić information content (AvgIpc) is 2.92. The van der Waals surface area contributed by atoms with Crippen LogP contribution >= 0.6 is 11.3 Å². The molecule has 1 saturated heterocycles. The van der Waals surface area contributed by atoms with Crippen LogP contribution in [0.2, 0.25) is 0 Å². The second-order valence-electron chi connectivity index (χ2n) is 4.18. The zero-order valence-corrected chi connectivity index (χ0v) is 11.7. The standard InChI is InChI=1S/C11H15N3O2S2/c1-10(9-12)13-4-6-14(7-5-13)18(15,16)11-3-2-8-17-11/h2-3,8,10H,4-7H2,1H3. The minimum absolute atomic E-state index is 0.156. The second kappa shape index (κ2) is 5.36. The van der Waals surface area contributed by atoms with E-state index < -0.39 is 10.0 Å². The smallest absolute Gasteiger partial charge is 0.252 e. The van der Waals surface area contributed by atoms with Crippen LogP contribution in [0.5, 0.6) is 0 Å². The monoisotopic (exact) mass is 285 g/mol. The van der Waals surface area contributed by atoms with E-state index in [2.05, 4.69) is 6.07 Å². The van der Waals surface area contributed by atoms with Crippen molar-refractivity contribution >= 4 is 21.4 Å². The van der Waals surface area contributed by atoms with Gasteiger partial charge in [-0.3, -0.25) is 4.90 Å². The normalized spacial score (nSPS) is 20.4. The predicted molar refractivity (Wildman–Crippen MR) is 69.7 cm³/mol. The molecular formula is C11H15N3O2S2. The number of hydrogen-bond acceptors (Lipinski definition) is 5. The Morgan fingerprint density at radius 2 is 2.06 bits per heavy atom. The van der Waals surface area contributed by atoms with Crippen molar-refractivity contribution in [2.45, 2.75) is 17.2 Å². The van der Waals surface area contributed by atoms with Gasteiger partial charge >= 0.3 is 0 Å². The molecule has 0 N–H and O–H groups in total. The Bertz CT molecular complexity index is 525. The third kappa shape index (κ3) is 2.57. The fourth-order valence-corrected chi connectivity index (χ4v) is 4.52. The van der Waals surface area contributed by atoms with E-state index in [1.54, 1.807) is 17.5 Å². The van der Waals surface area contributed by atoms with E-state index in [-0.39, 0.29) is 6.04 Å². The molecule has 0 spiro atoms. The molecule has 1 atom stereocenters. The molecule has 1 unspecified atom stereocenters. The highest BCUT2D eigenvalue weighted by Gasteiger charge is 2.30. The summed E-state index contributed by atoms with van der Waals surface area (Å²) >= 11 is 1.24. The molecule has 0 radical (unpaired) electrons. The molecule has 0 saturated carbocycles. The van der Waals surface area contributed by atoms with Crippen molar-refractivity contribution in [3.63, 3.8) is 0 Å². The van der Waals surface area contributed by atoms with Crippen LogP contribution in [-0.4, -0.2) is 49.8 Å². The average molecular weight is 285 g/mol. The fraction of sp³-hybridized carbons (Fsp3) is 0.545. The number of hydrogen-bond donors (Lipinski definition) is 0. The van der Waals surface area contributed by atoms with Crippen LogP contribution in [0.4, 0.5) is 0 Å². The van der Waals surface area contributed by atoms with Crippen molar-refractivity contribution < 1.29 is 8.42 Å². The molecule has 0 aliphatic carbocycles. The number of rotatable bonds is 3. The molecule has 5 nitrogen and oxygen atoms in total. The number of piperazine rings is 1. The van der Waals surface area contributed by atoms with Gasteiger partial charge in [0.15, 0.2) is 0 Å². The van der Waals surface area contributed by atoms with E-state index in [4.69, 9.17) is 5.26 Å². The van der Waals surface area contributed by atoms with Gasteiger partial charge < -0.3 is 0 Å². The minimum Gasteiger partial charge on any atom is -0.286 e. The quantitative estimate of drug-likeness (QED) is 0.830. The van der Waals surface area contributed by atoms with Gasteiger partial charge in [-0.1, -0.05) is 6.07 Å². The zero-order chi connectivity index (χ0) is 13.2. The van der Waals surface area contributed by atoms with Gasteiger partial charge in [-0.05, 0) is 18.4 Å². The van der Waals surface area contributed by atoms with Gasteiger partial charge in [0.1, 0.15) is 4.21 Å². The molecular weight excluding hydrogens is 270 g/mol. The Hall–Kier alpha value is -0.940. The zero-order valence-electron chi connectivity index (χ0n) is 10.1. The van der Waals surface area contributed by atoms with Gasteiger partial charge in [0.05, 0.1) is 12.1 Å². The van der Waals surface area contributed by atoms with Crippen molar-refractivity contribution in [2.24, 2.45) is 0 Å². The maximum absolute atomic E-state index is 12.2. The molecule has 2 heterocycles. The van der Waals surface area contributed by atoms with Gasteiger partial charge in [-0.25, -0.2) is 8.42 Å². The molecule has 0 aromatic carbocycles. The van der Waals surface area contributed by atoms with Crippen molar-refractivity contribution in [1.82, 2.24) is 9.21 Å². The van der Waals surface area contributed by atoms with Crippen LogP contribution in [0, 0.1) is 11.3 Å². The summed E-state index contributed by atoms with van der Waals surface area (Å²) in [4.78, 5) is 2.00. The summed E-state index contributed by atoms with van der Waals surface area (Å²) in [5.41, 5.74) is 0. The second-order valence-corrected chi connectivity index (χ2v) is 7.29. The van der Waals surface area contributed by atoms with E-state index in [0.717, 1.165) is 0 Å². The first kappa shape index (κ1) is 13.5. The molecule has 1 aromatic heterocycles. The first-order valence-electron chi connectivity index (χ1n) is 5.73. The Labute approximate surface area is 111 Å². The first-order valence-corrected chi connectivity index (χ1v) is 8.05. The molecule has 98 valence electrons. The maximum atomic E-state index is 12.2. The third-order valence-electron chi connectivity index (χ3n) is 3.10. The third-order valence-corrected chi connectivity index (χ3v) is 6.37. The molecule has 18 heavy (non-hydrogen) atoms. The van der Waals surface area contributed by atoms with E-state index in [0.29, 0.717) is 30.4 Å². The number of nitrogens with zero attached hydrogens (tertiary/aromatic N) is 3. The number of thiophene rings is 1. The fourth-order valence-electron chi connectivity index (χ4n) is 1.95. The predicted octanol–water partition coefficient (Wildman–Crippen LogP) is 0.966. The topological polar surface area (TPSA) is 64.4 Å². The minimum atomic E-state index is -3.33. The lowest BCUT2D eigenvalue weighted by molar-refractivity contribution is 0.170. The Morgan fingerprint density at radius 1 is 1.39 bits per heavy atom. The molecule has 0 bridgehead atoms. The molecule has 0 amide bonds. The highest BCUT2D eigenvalue weighted by molar-refractivity contribution is 7.91. The summed E-state index contributed by atoms with van der Waals surface area (Å²) in [5.74, 6) is 0. The van der Waals surface area contributed by atoms with Gasteiger partial charge in [0.25, 0.3) is 10.0 Å². The molecule has 1 aliphatic rings. The van der Waals surface area contributed by atoms with E-state index in [1.165, 1.54) is 15.6 Å². The highest BCUT2D eigenvalue weighted by atomic mass is 32.2. The molecule has 1 aliphatic heterocycles. The molecule has 1 fully saturated rings. The largest absolute Gasteiger partial charge is 0.286 e. The van der Waals surface area contributed by atoms with Crippen LogP contribution in [0.3, 0.4) is 0 Å². The molecule has 1 aromatic rings. The maximum Gasteiger partial charge on any atom is 0.252 e. The SMILES string of the molecule is CC(C#N)N1CCN(S(=O)(=O)c2cccs2)CC1. The summed E-state index contributed by atoms with van der Waals surface area (Å²) in [6.45, 7) is 3.96. The van der Waals surface area contributed by atoms with E-state index >= 15 is 0 Å². The van der Waals surface area contributed by atoms with Crippen LogP contribution in [0.15, 0.2) is 21.7 Å². The van der Waals surface area contributed by atoms with Crippen molar-refractivity contribution in [3.8, 4) is 6.07 Å². The molecule has 2 rings (SSSR count). The lowest BCUT2D eigenvalue weighted by atomic mass is 10.2. The van der Waals surface area contributed by atoms with Crippen LogP contribution in [-0.2, 0) is 10.0 Å².